The summed E-state index contributed by atoms with van der Waals surface area (Å²) in [5, 5.41) is 8.10. The van der Waals surface area contributed by atoms with Gasteiger partial charge in [-0.05, 0) is 38.4 Å². The van der Waals surface area contributed by atoms with E-state index in [0.717, 1.165) is 38.6 Å². The van der Waals surface area contributed by atoms with E-state index in [4.69, 9.17) is 0 Å². The van der Waals surface area contributed by atoms with Gasteiger partial charge >= 0.3 is 0 Å². The lowest BCUT2D eigenvalue weighted by Crippen LogP contribution is -2.43. The number of likely N-dealkylation sites (N-methyl/N-ethyl adjacent to an activating group) is 1. The van der Waals surface area contributed by atoms with E-state index in [1.165, 1.54) is 16.5 Å². The number of guanidine groups is 1. The third kappa shape index (κ3) is 6.51. The number of nitrogens with one attached hydrogen (secondary N) is 3. The quantitative estimate of drug-likeness (QED) is 0.324. The van der Waals surface area contributed by atoms with E-state index in [0.29, 0.717) is 6.04 Å². The first kappa shape index (κ1) is 21.8. The number of fused-ring (bicyclic) bond motifs is 1. The van der Waals surface area contributed by atoms with Crippen molar-refractivity contribution in [3.63, 3.8) is 0 Å². The maximum Gasteiger partial charge on any atom is 0.191 e. The van der Waals surface area contributed by atoms with E-state index in [2.05, 4.69) is 76.7 Å². The summed E-state index contributed by atoms with van der Waals surface area (Å²) in [5.74, 6) is 0.870. The molecule has 6 heteroatoms. The summed E-state index contributed by atoms with van der Waals surface area (Å²) in [6.07, 6.45) is 3.07. The van der Waals surface area contributed by atoms with Crippen LogP contribution in [0.4, 0.5) is 0 Å². The fraction of sp³-hybridized carbons (Fsp3) is 0.526. The smallest absolute Gasteiger partial charge is 0.191 e. The molecule has 2 rings (SSSR count). The maximum absolute atomic E-state index is 4.30. The van der Waals surface area contributed by atoms with Crippen LogP contribution in [0.1, 0.15) is 26.3 Å². The van der Waals surface area contributed by atoms with Crippen molar-refractivity contribution in [2.75, 3.05) is 33.2 Å². The Morgan fingerprint density at radius 3 is 2.60 bits per heavy atom. The van der Waals surface area contributed by atoms with Crippen molar-refractivity contribution in [2.24, 2.45) is 4.99 Å². The average Bonchev–Trinajstić information content (AvgIpc) is 3.00. The van der Waals surface area contributed by atoms with Crippen molar-refractivity contribution in [2.45, 2.75) is 33.2 Å². The van der Waals surface area contributed by atoms with Crippen LogP contribution in [0.25, 0.3) is 10.9 Å². The molecule has 0 bridgehead atoms. The van der Waals surface area contributed by atoms with Crippen LogP contribution in [0.3, 0.4) is 0 Å². The maximum atomic E-state index is 4.30. The van der Waals surface area contributed by atoms with Gasteiger partial charge in [-0.25, -0.2) is 0 Å². The predicted molar refractivity (Wildman–Crippen MR) is 119 cm³/mol. The van der Waals surface area contributed by atoms with E-state index < -0.39 is 0 Å². The number of aromatic nitrogens is 1. The molecular weight excluding hydrogens is 425 g/mol. The molecule has 0 aliphatic heterocycles. The van der Waals surface area contributed by atoms with Crippen LogP contribution in [0, 0.1) is 0 Å². The van der Waals surface area contributed by atoms with Gasteiger partial charge in [-0.15, -0.1) is 24.0 Å². The lowest BCUT2D eigenvalue weighted by molar-refractivity contribution is 0.237. The molecule has 1 aromatic heterocycles. The largest absolute Gasteiger partial charge is 0.361 e. The summed E-state index contributed by atoms with van der Waals surface area (Å²) >= 11 is 0. The number of hydrogen-bond donors (Lipinski definition) is 3. The van der Waals surface area contributed by atoms with E-state index in [1.807, 2.05) is 7.05 Å². The summed E-state index contributed by atoms with van der Waals surface area (Å²) < 4.78 is 0. The highest BCUT2D eigenvalue weighted by atomic mass is 127. The van der Waals surface area contributed by atoms with Crippen molar-refractivity contribution < 1.29 is 0 Å². The van der Waals surface area contributed by atoms with Crippen LogP contribution >= 0.6 is 24.0 Å². The molecule has 140 valence electrons. The zero-order chi connectivity index (χ0) is 17.4. The molecule has 1 heterocycles. The molecule has 0 fully saturated rings. The molecule has 1 aromatic carbocycles. The van der Waals surface area contributed by atoms with Crippen LogP contribution in [-0.2, 0) is 6.42 Å². The number of halogens is 1. The van der Waals surface area contributed by atoms with Gasteiger partial charge in [0.05, 0.1) is 0 Å². The van der Waals surface area contributed by atoms with Crippen LogP contribution in [-0.4, -0.2) is 55.1 Å². The van der Waals surface area contributed by atoms with E-state index in [1.54, 1.807) is 0 Å². The van der Waals surface area contributed by atoms with Gasteiger partial charge < -0.3 is 15.6 Å². The molecule has 0 unspecified atom stereocenters. The number of aromatic amines is 1. The Kier molecular flexibility index (Phi) is 9.89. The minimum atomic E-state index is 0. The lowest BCUT2D eigenvalue weighted by Gasteiger charge is -2.25. The van der Waals surface area contributed by atoms with Crippen LogP contribution in [0.15, 0.2) is 35.5 Å². The summed E-state index contributed by atoms with van der Waals surface area (Å²) in [4.78, 5) is 10.1. The number of H-pyrrole nitrogens is 1. The molecule has 0 saturated carbocycles. The number of nitrogens with zero attached hydrogens (tertiary/aromatic N) is 2. The van der Waals surface area contributed by atoms with Crippen LogP contribution in [0.5, 0.6) is 0 Å². The highest BCUT2D eigenvalue weighted by Gasteiger charge is 2.07. The fourth-order valence-corrected chi connectivity index (χ4v) is 2.97. The highest BCUT2D eigenvalue weighted by molar-refractivity contribution is 14.0. The number of rotatable bonds is 8. The molecule has 2 aromatic rings. The second-order valence-electron chi connectivity index (χ2n) is 6.26. The summed E-state index contributed by atoms with van der Waals surface area (Å²) in [7, 11) is 1.82. The highest BCUT2D eigenvalue weighted by Crippen LogP contribution is 2.17. The zero-order valence-corrected chi connectivity index (χ0v) is 18.1. The average molecular weight is 457 g/mol. The van der Waals surface area contributed by atoms with Gasteiger partial charge in [0.2, 0.25) is 0 Å². The lowest BCUT2D eigenvalue weighted by atomic mass is 10.1. The molecule has 0 radical (unpaired) electrons. The Labute approximate surface area is 168 Å². The number of hydrogen-bond acceptors (Lipinski definition) is 2. The molecule has 0 saturated heterocycles. The molecule has 0 atom stereocenters. The summed E-state index contributed by atoms with van der Waals surface area (Å²) in [5.41, 5.74) is 2.54. The predicted octanol–water partition coefficient (Wildman–Crippen LogP) is 3.22. The van der Waals surface area contributed by atoms with Crippen molar-refractivity contribution in [1.82, 2.24) is 20.5 Å². The van der Waals surface area contributed by atoms with Crippen LogP contribution in [0.2, 0.25) is 0 Å². The molecule has 0 amide bonds. The molecule has 3 N–H and O–H groups in total. The van der Waals surface area contributed by atoms with Crippen molar-refractivity contribution >= 4 is 40.8 Å². The van der Waals surface area contributed by atoms with E-state index in [-0.39, 0.29) is 24.0 Å². The SMILES string of the molecule is CCN(CCNC(=NC)NCCc1c[nH]c2ccccc12)C(C)C.I. The Balaban J connectivity index is 0.00000312. The first-order chi connectivity index (χ1) is 11.7. The van der Waals surface area contributed by atoms with Crippen molar-refractivity contribution in [3.05, 3.63) is 36.0 Å². The molecule has 25 heavy (non-hydrogen) atoms. The summed E-state index contributed by atoms with van der Waals surface area (Å²) in [6, 6.07) is 9.00. The first-order valence-electron chi connectivity index (χ1n) is 8.89. The Bertz CT molecular complexity index is 650. The number of aliphatic imine (C=N–C) groups is 1. The molecular formula is C19H32IN5. The van der Waals surface area contributed by atoms with Gasteiger partial charge in [0, 0.05) is 49.8 Å². The molecule has 0 aliphatic carbocycles. The van der Waals surface area contributed by atoms with Gasteiger partial charge in [0.15, 0.2) is 5.96 Å². The molecule has 0 aliphatic rings. The van der Waals surface area contributed by atoms with E-state index >= 15 is 0 Å². The number of benzene rings is 1. The standard InChI is InChI=1S/C19H31N5.HI/c1-5-24(15(2)3)13-12-22-19(20-4)21-11-10-16-14-23-18-9-7-6-8-17(16)18;/h6-9,14-15,23H,5,10-13H2,1-4H3,(H2,20,21,22);1H. The second kappa shape index (κ2) is 11.4. The Morgan fingerprint density at radius 2 is 1.92 bits per heavy atom. The normalized spacial score (nSPS) is 11.8. The minimum absolute atomic E-state index is 0. The first-order valence-corrected chi connectivity index (χ1v) is 8.89. The van der Waals surface area contributed by atoms with E-state index in [9.17, 15) is 0 Å². The monoisotopic (exact) mass is 457 g/mol. The fourth-order valence-electron chi connectivity index (χ4n) is 2.97. The van der Waals surface area contributed by atoms with Crippen molar-refractivity contribution in [1.29, 1.82) is 0 Å². The minimum Gasteiger partial charge on any atom is -0.361 e. The van der Waals surface area contributed by atoms with Gasteiger partial charge in [-0.3, -0.25) is 9.89 Å². The molecule has 0 spiro atoms. The molecule has 5 nitrogen and oxygen atoms in total. The Morgan fingerprint density at radius 1 is 1.20 bits per heavy atom. The summed E-state index contributed by atoms with van der Waals surface area (Å²) in [6.45, 7) is 10.5. The topological polar surface area (TPSA) is 55.4 Å². The van der Waals surface area contributed by atoms with Gasteiger partial charge in [-0.2, -0.15) is 0 Å². The van der Waals surface area contributed by atoms with Gasteiger partial charge in [0.1, 0.15) is 0 Å². The third-order valence-corrected chi connectivity index (χ3v) is 4.41. The second-order valence-corrected chi connectivity index (χ2v) is 6.26. The van der Waals surface area contributed by atoms with Gasteiger partial charge in [0.25, 0.3) is 0 Å². The Hall–Kier alpha value is -1.28. The van der Waals surface area contributed by atoms with Crippen LogP contribution < -0.4 is 10.6 Å². The van der Waals surface area contributed by atoms with Crippen molar-refractivity contribution in [3.8, 4) is 0 Å². The third-order valence-electron chi connectivity index (χ3n) is 4.41. The van der Waals surface area contributed by atoms with Gasteiger partial charge in [-0.1, -0.05) is 25.1 Å². The number of para-hydroxylation sites is 1. The zero-order valence-electron chi connectivity index (χ0n) is 15.8.